The Morgan fingerprint density at radius 1 is 1.57 bits per heavy atom. The van der Waals surface area contributed by atoms with Gasteiger partial charge in [0, 0.05) is 7.05 Å². The van der Waals surface area contributed by atoms with E-state index in [0.717, 1.165) is 0 Å². The first-order valence-electron chi connectivity index (χ1n) is 6.20. The highest BCUT2D eigenvalue weighted by Crippen LogP contribution is 2.35. The molecule has 11 heteroatoms. The Labute approximate surface area is 140 Å². The van der Waals surface area contributed by atoms with Gasteiger partial charge in [0.1, 0.15) is 10.0 Å². The van der Waals surface area contributed by atoms with Crippen LogP contribution < -0.4 is 10.5 Å². The third kappa shape index (κ3) is 5.08. The molecule has 1 saturated heterocycles. The number of carbonyl (C=O) groups excluding carboxylic acids is 1. The lowest BCUT2D eigenvalue weighted by atomic mass is 10.2. The van der Waals surface area contributed by atoms with Crippen LogP contribution in [-0.2, 0) is 14.4 Å². The van der Waals surface area contributed by atoms with E-state index in [1.807, 2.05) is 6.92 Å². The van der Waals surface area contributed by atoms with Crippen LogP contribution in [0.2, 0.25) is 10.0 Å². The van der Waals surface area contributed by atoms with Gasteiger partial charge in [0.25, 0.3) is 5.91 Å². The molecule has 128 valence electrons. The van der Waals surface area contributed by atoms with Crippen LogP contribution in [0.5, 0.6) is 5.88 Å². The Morgan fingerprint density at radius 3 is 2.57 bits per heavy atom. The van der Waals surface area contributed by atoms with Crippen molar-refractivity contribution in [3.05, 3.63) is 16.0 Å². The highest BCUT2D eigenvalue weighted by atomic mass is 35.5. The Balaban J connectivity index is 0.000000277. The Hall–Kier alpha value is -1.84. The lowest BCUT2D eigenvalue weighted by Crippen LogP contribution is -2.19. The second-order valence-electron chi connectivity index (χ2n) is 4.46. The number of anilines is 1. The zero-order valence-corrected chi connectivity index (χ0v) is 13.7. The van der Waals surface area contributed by atoms with Crippen molar-refractivity contribution < 1.29 is 28.7 Å². The van der Waals surface area contributed by atoms with Crippen LogP contribution >= 0.6 is 23.2 Å². The molecule has 0 spiro atoms. The van der Waals surface area contributed by atoms with Crippen molar-refractivity contribution in [3.63, 3.8) is 0 Å². The number of ether oxygens (including phenoxy) is 1. The largest absolute Gasteiger partial charge is 0.479 e. The van der Waals surface area contributed by atoms with Crippen molar-refractivity contribution in [1.82, 2.24) is 10.0 Å². The number of pyridine rings is 1. The van der Waals surface area contributed by atoms with Gasteiger partial charge in [0.05, 0.1) is 18.2 Å². The molecular formula is C12H14Cl2FN3O5. The topological polar surface area (TPSA) is 115 Å². The molecule has 23 heavy (non-hydrogen) atoms. The summed E-state index contributed by atoms with van der Waals surface area (Å²) in [4.78, 5) is 28.9. The molecule has 1 aliphatic rings. The highest BCUT2D eigenvalue weighted by molar-refractivity contribution is 6.39. The number of nitrogens with two attached hydrogens (primary N) is 1. The smallest absolute Gasteiger partial charge is 0.341 e. The minimum absolute atomic E-state index is 0.0556. The van der Waals surface area contributed by atoms with E-state index in [4.69, 9.17) is 38.9 Å². The maximum Gasteiger partial charge on any atom is 0.341 e. The maximum absolute atomic E-state index is 12.9. The van der Waals surface area contributed by atoms with E-state index in [9.17, 15) is 14.0 Å². The lowest BCUT2D eigenvalue weighted by molar-refractivity contribution is -0.154. The second kappa shape index (κ2) is 8.14. The molecule has 1 unspecified atom stereocenters. The monoisotopic (exact) mass is 369 g/mol. The molecule has 1 aromatic rings. The van der Waals surface area contributed by atoms with E-state index in [-0.39, 0.29) is 22.5 Å². The third-order valence-electron chi connectivity index (χ3n) is 2.62. The summed E-state index contributed by atoms with van der Waals surface area (Å²) in [7, 11) is 1.63. The van der Waals surface area contributed by atoms with Gasteiger partial charge in [-0.25, -0.2) is 9.86 Å². The molecule has 2 heterocycles. The number of hydroxylamine groups is 2. The Kier molecular flexibility index (Phi) is 6.79. The second-order valence-corrected chi connectivity index (χ2v) is 5.22. The van der Waals surface area contributed by atoms with Crippen LogP contribution in [-0.4, -0.2) is 47.3 Å². The summed E-state index contributed by atoms with van der Waals surface area (Å²) in [6.07, 6.45) is 0. The molecule has 0 saturated carbocycles. The Bertz CT molecular complexity index is 605. The van der Waals surface area contributed by atoms with E-state index >= 15 is 0 Å². The summed E-state index contributed by atoms with van der Waals surface area (Å²) in [6.45, 7) is 1.69. The van der Waals surface area contributed by atoms with Crippen molar-refractivity contribution in [2.75, 3.05) is 26.0 Å². The SMILES string of the molecule is CC1CON(C)C1=O.Nc1c(Cl)c(F)nc(OCC(=O)O)c1Cl. The minimum Gasteiger partial charge on any atom is -0.479 e. The van der Waals surface area contributed by atoms with Crippen molar-refractivity contribution in [1.29, 1.82) is 0 Å². The summed E-state index contributed by atoms with van der Waals surface area (Å²) in [5.41, 5.74) is 5.07. The number of aliphatic carboxylic acids is 1. The number of rotatable bonds is 3. The fourth-order valence-corrected chi connectivity index (χ4v) is 1.78. The van der Waals surface area contributed by atoms with Crippen molar-refractivity contribution in [2.45, 2.75) is 6.92 Å². The normalized spacial score (nSPS) is 16.8. The molecule has 3 N–H and O–H groups in total. The molecule has 1 aromatic heterocycles. The molecule has 1 atom stereocenters. The lowest BCUT2D eigenvalue weighted by Gasteiger charge is -2.07. The number of carboxylic acid groups (broad SMARTS) is 1. The van der Waals surface area contributed by atoms with E-state index in [2.05, 4.69) is 9.72 Å². The molecule has 0 radical (unpaired) electrons. The van der Waals surface area contributed by atoms with Crippen molar-refractivity contribution >= 4 is 40.8 Å². The molecule has 2 rings (SSSR count). The van der Waals surface area contributed by atoms with E-state index in [1.165, 1.54) is 5.06 Å². The van der Waals surface area contributed by atoms with Gasteiger partial charge < -0.3 is 15.6 Å². The number of hydrogen-bond acceptors (Lipinski definition) is 6. The number of aromatic nitrogens is 1. The van der Waals surface area contributed by atoms with Crippen LogP contribution in [0.15, 0.2) is 0 Å². The van der Waals surface area contributed by atoms with Gasteiger partial charge in [-0.05, 0) is 0 Å². The van der Waals surface area contributed by atoms with Gasteiger partial charge in [-0.15, -0.1) is 0 Å². The average Bonchev–Trinajstić information content (AvgIpc) is 2.79. The van der Waals surface area contributed by atoms with Gasteiger partial charge in [0.15, 0.2) is 6.61 Å². The fourth-order valence-electron chi connectivity index (χ4n) is 1.40. The third-order valence-corrected chi connectivity index (χ3v) is 3.35. The number of amides is 1. The molecule has 1 amide bonds. The predicted octanol–water partition coefficient (Wildman–Crippen LogP) is 1.60. The van der Waals surface area contributed by atoms with E-state index < -0.39 is 29.4 Å². The predicted molar refractivity (Wildman–Crippen MR) is 79.6 cm³/mol. The maximum atomic E-state index is 12.9. The van der Waals surface area contributed by atoms with Gasteiger partial charge in [-0.3, -0.25) is 9.63 Å². The van der Waals surface area contributed by atoms with E-state index in [0.29, 0.717) is 6.61 Å². The number of carboxylic acids is 1. The zero-order valence-electron chi connectivity index (χ0n) is 12.2. The summed E-state index contributed by atoms with van der Waals surface area (Å²) in [6, 6.07) is 0. The van der Waals surface area contributed by atoms with Crippen LogP contribution in [0.3, 0.4) is 0 Å². The first kappa shape index (κ1) is 19.2. The summed E-state index contributed by atoms with van der Waals surface area (Å²) < 4.78 is 17.5. The minimum atomic E-state index is -1.25. The molecule has 0 aromatic carbocycles. The van der Waals surface area contributed by atoms with Crippen molar-refractivity contribution in [2.24, 2.45) is 5.92 Å². The molecule has 0 aliphatic carbocycles. The molecular weight excluding hydrogens is 356 g/mol. The number of nitrogen functional groups attached to an aromatic ring is 1. The van der Waals surface area contributed by atoms with Gasteiger partial charge >= 0.3 is 5.97 Å². The summed E-state index contributed by atoms with van der Waals surface area (Å²) >= 11 is 11.0. The molecule has 8 nitrogen and oxygen atoms in total. The number of carbonyl (C=O) groups is 2. The van der Waals surface area contributed by atoms with E-state index in [1.54, 1.807) is 7.05 Å². The van der Waals surface area contributed by atoms with Crippen LogP contribution in [0, 0.1) is 11.9 Å². The zero-order chi connectivity index (χ0) is 17.7. The number of hydrogen-bond donors (Lipinski definition) is 2. The fraction of sp³-hybridized carbons (Fsp3) is 0.417. The Morgan fingerprint density at radius 2 is 2.17 bits per heavy atom. The molecule has 0 bridgehead atoms. The van der Waals surface area contributed by atoms with Gasteiger partial charge in [0.2, 0.25) is 11.8 Å². The number of halogens is 3. The van der Waals surface area contributed by atoms with Gasteiger partial charge in [-0.1, -0.05) is 30.1 Å². The first-order valence-corrected chi connectivity index (χ1v) is 6.95. The quantitative estimate of drug-likeness (QED) is 0.777. The van der Waals surface area contributed by atoms with Crippen LogP contribution in [0.25, 0.3) is 0 Å². The van der Waals surface area contributed by atoms with Crippen LogP contribution in [0.1, 0.15) is 6.92 Å². The van der Waals surface area contributed by atoms with Crippen LogP contribution in [0.4, 0.5) is 10.1 Å². The average molecular weight is 370 g/mol. The van der Waals surface area contributed by atoms with Crippen molar-refractivity contribution in [3.8, 4) is 5.88 Å². The summed E-state index contributed by atoms with van der Waals surface area (Å²) in [5.74, 6) is -2.59. The standard InChI is InChI=1S/C7H5Cl2FN2O3.C5H9NO2/c8-3-5(11)4(9)7(12-6(3)10)15-1-2(13)14;1-4-3-8-6(2)5(4)7/h1H2,(H2,11,12)(H,13,14);4H,3H2,1-2H3. The number of nitrogens with zero attached hydrogens (tertiary/aromatic N) is 2. The molecule has 1 aliphatic heterocycles. The highest BCUT2D eigenvalue weighted by Gasteiger charge is 2.25. The first-order chi connectivity index (χ1) is 10.6. The summed E-state index contributed by atoms with van der Waals surface area (Å²) in [5, 5.41) is 8.95. The molecule has 1 fully saturated rings. The van der Waals surface area contributed by atoms with Gasteiger partial charge in [-0.2, -0.15) is 9.37 Å².